The van der Waals surface area contributed by atoms with E-state index in [-0.39, 0.29) is 5.04 Å². The minimum absolute atomic E-state index is 0.271. The van der Waals surface area contributed by atoms with Crippen LogP contribution in [-0.4, -0.2) is 14.4 Å². The van der Waals surface area contributed by atoms with E-state index in [0.29, 0.717) is 18.4 Å². The molecule has 0 spiro atoms. The lowest BCUT2D eigenvalue weighted by molar-refractivity contribution is 0.142. The number of nitrogens with zero attached hydrogens (tertiary/aromatic N) is 1. The van der Waals surface area contributed by atoms with Gasteiger partial charge in [0.05, 0.1) is 6.07 Å². The average Bonchev–Trinajstić information content (AvgIpc) is 2.51. The fourth-order valence-corrected chi connectivity index (χ4v) is 3.48. The average molecular weight is 239 g/mol. The van der Waals surface area contributed by atoms with Crippen molar-refractivity contribution in [2.75, 3.05) is 0 Å². The highest BCUT2D eigenvalue weighted by atomic mass is 28.4. The molecule has 0 radical (unpaired) electrons. The third kappa shape index (κ3) is 3.08. The third-order valence-electron chi connectivity index (χ3n) is 4.20. The van der Waals surface area contributed by atoms with E-state index in [9.17, 15) is 0 Å². The van der Waals surface area contributed by atoms with Gasteiger partial charge in [0.1, 0.15) is 0 Å². The molecule has 0 N–H and O–H groups in total. The summed E-state index contributed by atoms with van der Waals surface area (Å²) in [4.78, 5) is 0. The highest BCUT2D eigenvalue weighted by Crippen LogP contribution is 2.41. The maximum atomic E-state index is 8.81. The zero-order chi connectivity index (χ0) is 12.4. The van der Waals surface area contributed by atoms with Gasteiger partial charge in [0.2, 0.25) is 0 Å². The van der Waals surface area contributed by atoms with Crippen molar-refractivity contribution in [1.29, 1.82) is 5.26 Å². The minimum atomic E-state index is -1.65. The molecule has 1 aliphatic carbocycles. The first kappa shape index (κ1) is 13.7. The Morgan fingerprint density at radius 1 is 1.31 bits per heavy atom. The summed E-state index contributed by atoms with van der Waals surface area (Å²) in [5.41, 5.74) is 0. The minimum Gasteiger partial charge on any atom is -0.414 e. The summed E-state index contributed by atoms with van der Waals surface area (Å²) in [6.07, 6.45) is 4.57. The smallest absolute Gasteiger partial charge is 0.192 e. The van der Waals surface area contributed by atoms with Crippen molar-refractivity contribution in [3.63, 3.8) is 0 Å². The lowest BCUT2D eigenvalue weighted by Gasteiger charge is -2.39. The molecule has 1 rings (SSSR count). The zero-order valence-corrected chi connectivity index (χ0v) is 12.3. The van der Waals surface area contributed by atoms with Gasteiger partial charge in [-0.3, -0.25) is 0 Å². The molecule has 92 valence electrons. The number of hydrogen-bond acceptors (Lipinski definition) is 2. The molecule has 0 aromatic rings. The Morgan fingerprint density at radius 2 is 1.94 bits per heavy atom. The van der Waals surface area contributed by atoms with Gasteiger partial charge >= 0.3 is 0 Å². The molecule has 3 heteroatoms. The maximum Gasteiger partial charge on any atom is 0.192 e. The first-order valence-corrected chi connectivity index (χ1v) is 9.23. The molecule has 0 aromatic heterocycles. The molecule has 0 saturated heterocycles. The highest BCUT2D eigenvalue weighted by Gasteiger charge is 2.41. The van der Waals surface area contributed by atoms with Crippen LogP contribution in [0.5, 0.6) is 0 Å². The van der Waals surface area contributed by atoms with Gasteiger partial charge < -0.3 is 4.43 Å². The summed E-state index contributed by atoms with van der Waals surface area (Å²) in [5.74, 6) is 0.485. The molecule has 0 heterocycles. The molecule has 1 saturated carbocycles. The van der Waals surface area contributed by atoms with E-state index in [4.69, 9.17) is 9.69 Å². The number of nitriles is 1. The normalized spacial score (nSPS) is 26.8. The van der Waals surface area contributed by atoms with Gasteiger partial charge in [0, 0.05) is 12.5 Å². The predicted octanol–water partition coefficient (Wildman–Crippen LogP) is 4.09. The van der Waals surface area contributed by atoms with E-state index < -0.39 is 8.32 Å². The second kappa shape index (κ2) is 4.89. The molecular formula is C13H25NOSi. The molecule has 0 aromatic carbocycles. The lowest BCUT2D eigenvalue weighted by atomic mass is 10.0. The van der Waals surface area contributed by atoms with E-state index in [1.54, 1.807) is 0 Å². The van der Waals surface area contributed by atoms with Gasteiger partial charge in [-0.05, 0) is 36.9 Å². The molecular weight excluding hydrogens is 214 g/mol. The van der Waals surface area contributed by atoms with E-state index in [2.05, 4.69) is 39.9 Å². The van der Waals surface area contributed by atoms with Crippen LogP contribution in [0, 0.1) is 17.2 Å². The standard InChI is InChI=1S/C13H25NOSi/c1-13(2,3)16(4,5)15-12-8-6-7-11(12)9-10-14/h11-12H,6-9H2,1-5H3. The monoisotopic (exact) mass is 239 g/mol. The van der Waals surface area contributed by atoms with Crippen molar-refractivity contribution in [2.24, 2.45) is 5.92 Å². The molecule has 16 heavy (non-hydrogen) atoms. The Bertz CT molecular complexity index is 275. The van der Waals surface area contributed by atoms with E-state index in [1.807, 2.05) is 0 Å². The van der Waals surface area contributed by atoms with Crippen LogP contribution in [0.25, 0.3) is 0 Å². The Morgan fingerprint density at radius 3 is 2.44 bits per heavy atom. The second-order valence-electron chi connectivity index (χ2n) is 6.47. The van der Waals surface area contributed by atoms with Crippen molar-refractivity contribution in [3.8, 4) is 6.07 Å². The topological polar surface area (TPSA) is 33.0 Å². The van der Waals surface area contributed by atoms with Crippen LogP contribution in [0.2, 0.25) is 18.1 Å². The Hall–Kier alpha value is -0.333. The van der Waals surface area contributed by atoms with Crippen molar-refractivity contribution >= 4 is 8.32 Å². The highest BCUT2D eigenvalue weighted by molar-refractivity contribution is 6.74. The van der Waals surface area contributed by atoms with E-state index >= 15 is 0 Å². The molecule has 0 bridgehead atoms. The van der Waals surface area contributed by atoms with E-state index in [1.165, 1.54) is 12.8 Å². The number of rotatable bonds is 3. The van der Waals surface area contributed by atoms with Gasteiger partial charge in [0.25, 0.3) is 0 Å². The van der Waals surface area contributed by atoms with Crippen LogP contribution < -0.4 is 0 Å². The quantitative estimate of drug-likeness (QED) is 0.695. The SMILES string of the molecule is CC(C)(C)[Si](C)(C)OC1CCCC1CC#N. The van der Waals surface area contributed by atoms with E-state index in [0.717, 1.165) is 6.42 Å². The Balaban J connectivity index is 2.63. The molecule has 2 unspecified atom stereocenters. The summed E-state index contributed by atoms with van der Waals surface area (Å²) in [6.45, 7) is 11.4. The maximum absolute atomic E-state index is 8.81. The van der Waals surface area contributed by atoms with Crippen LogP contribution in [0.4, 0.5) is 0 Å². The summed E-state index contributed by atoms with van der Waals surface area (Å²) < 4.78 is 6.42. The van der Waals surface area contributed by atoms with Crippen molar-refractivity contribution < 1.29 is 4.43 Å². The number of hydrogen-bond donors (Lipinski definition) is 0. The van der Waals surface area contributed by atoms with Gasteiger partial charge in [0.15, 0.2) is 8.32 Å². The van der Waals surface area contributed by atoms with Crippen molar-refractivity contribution in [1.82, 2.24) is 0 Å². The summed E-state index contributed by atoms with van der Waals surface area (Å²) in [7, 11) is -1.65. The van der Waals surface area contributed by atoms with Gasteiger partial charge in [-0.1, -0.05) is 27.2 Å². The molecule has 0 aliphatic heterocycles. The van der Waals surface area contributed by atoms with Crippen LogP contribution in [0.3, 0.4) is 0 Å². The molecule has 1 fully saturated rings. The van der Waals surface area contributed by atoms with Crippen LogP contribution in [0.1, 0.15) is 46.5 Å². The second-order valence-corrected chi connectivity index (χ2v) is 11.2. The zero-order valence-electron chi connectivity index (χ0n) is 11.3. The summed E-state index contributed by atoms with van der Waals surface area (Å²) >= 11 is 0. The molecule has 2 atom stereocenters. The Kier molecular flexibility index (Phi) is 4.20. The van der Waals surface area contributed by atoms with Crippen molar-refractivity contribution in [2.45, 2.75) is 70.7 Å². The van der Waals surface area contributed by atoms with Crippen molar-refractivity contribution in [3.05, 3.63) is 0 Å². The molecule has 1 aliphatic rings. The predicted molar refractivity (Wildman–Crippen MR) is 69.6 cm³/mol. The summed E-state index contributed by atoms with van der Waals surface area (Å²) in [6, 6.07) is 2.30. The first-order chi connectivity index (χ1) is 7.28. The third-order valence-corrected chi connectivity index (χ3v) is 8.70. The fourth-order valence-electron chi connectivity index (χ4n) is 2.06. The fraction of sp³-hybridized carbons (Fsp3) is 0.923. The summed E-state index contributed by atoms with van der Waals surface area (Å²) in [5, 5.41) is 9.08. The van der Waals surface area contributed by atoms with Gasteiger partial charge in [-0.2, -0.15) is 5.26 Å². The van der Waals surface area contributed by atoms with Gasteiger partial charge in [-0.25, -0.2) is 0 Å². The molecule has 0 amide bonds. The van der Waals surface area contributed by atoms with Gasteiger partial charge in [-0.15, -0.1) is 0 Å². The largest absolute Gasteiger partial charge is 0.414 e. The molecule has 2 nitrogen and oxygen atoms in total. The first-order valence-electron chi connectivity index (χ1n) is 6.33. The lowest BCUT2D eigenvalue weighted by Crippen LogP contribution is -2.44. The van der Waals surface area contributed by atoms with Crippen LogP contribution in [-0.2, 0) is 4.43 Å². The van der Waals surface area contributed by atoms with Crippen LogP contribution >= 0.6 is 0 Å². The Labute approximate surface area is 101 Å². The van der Waals surface area contributed by atoms with Crippen LogP contribution in [0.15, 0.2) is 0 Å².